The first kappa shape index (κ1) is 34.0. The number of anilines is 2. The van der Waals surface area contributed by atoms with Gasteiger partial charge in [0.1, 0.15) is 33.7 Å². The van der Waals surface area contributed by atoms with E-state index in [2.05, 4.69) is 171 Å². The van der Waals surface area contributed by atoms with Crippen molar-refractivity contribution in [2.75, 3.05) is 11.4 Å². The normalized spacial score (nSPS) is 15.1. The van der Waals surface area contributed by atoms with Crippen molar-refractivity contribution in [3.05, 3.63) is 191 Å². The van der Waals surface area contributed by atoms with Gasteiger partial charge >= 0.3 is 0 Å². The molecule has 4 nitrogen and oxygen atoms in total. The highest BCUT2D eigenvalue weighted by Gasteiger charge is 2.39. The van der Waals surface area contributed by atoms with Crippen LogP contribution in [0.4, 0.5) is 11.4 Å². The van der Waals surface area contributed by atoms with E-state index >= 15 is 0 Å². The standard InChI is InChI=1S/C55H41NO3/c1-33-45(23-14-30-56(35-15-5-4-6-16-35)36-27-29-48-43(32-36)39-18-10-11-24-46(39)57-48)55(2,3)52-41-20-8-7-19-40(41)51-44-31-34(26-28-49(44)59-54(51)50(33)52)37-21-13-22-42-38-17-9-12-25-47(38)58-53(37)42/h4-12,14-21,23-29,31-32H,13,22,30H2,1-3H3/b23-14-. The molecule has 0 bridgehead atoms. The number of aryl methyl sites for hydroxylation is 1. The zero-order chi connectivity index (χ0) is 39.4. The number of para-hydroxylation sites is 3. The van der Waals surface area contributed by atoms with Crippen LogP contribution in [0.5, 0.6) is 0 Å². The molecule has 0 radical (unpaired) electrons. The molecule has 3 heterocycles. The largest absolute Gasteiger partial charge is 0.456 e. The van der Waals surface area contributed by atoms with Gasteiger partial charge in [0.05, 0.1) is 0 Å². The summed E-state index contributed by atoms with van der Waals surface area (Å²) in [5.41, 5.74) is 15.4. The SMILES string of the molecule is CC1=C(/C=C\CN(c2ccccc2)c2ccc3oc4ccccc4c3c2)C(C)(C)c2c1c1oc3ccc(C4=CCCc5c4oc4ccccc54)cc3c1c1ccccc21. The van der Waals surface area contributed by atoms with E-state index in [1.54, 1.807) is 0 Å². The molecule has 0 unspecified atom stereocenters. The van der Waals surface area contributed by atoms with Crippen molar-refractivity contribution in [2.24, 2.45) is 0 Å². The predicted octanol–water partition coefficient (Wildman–Crippen LogP) is 15.2. The molecule has 2 aliphatic carbocycles. The highest BCUT2D eigenvalue weighted by atomic mass is 16.3. The maximum Gasteiger partial charge on any atom is 0.143 e. The molecule has 7 aromatic carbocycles. The van der Waals surface area contributed by atoms with Gasteiger partial charge in [-0.1, -0.05) is 117 Å². The Balaban J connectivity index is 0.974. The first-order chi connectivity index (χ1) is 28.9. The molecule has 0 amide bonds. The molecule has 0 saturated heterocycles. The van der Waals surface area contributed by atoms with Crippen LogP contribution in [0, 0.1) is 0 Å². The predicted molar refractivity (Wildman–Crippen MR) is 245 cm³/mol. The molecule has 12 rings (SSSR count). The fourth-order valence-electron chi connectivity index (χ4n) is 10.3. The van der Waals surface area contributed by atoms with Crippen molar-refractivity contribution in [3.8, 4) is 0 Å². The second-order valence-corrected chi connectivity index (χ2v) is 16.7. The Morgan fingerprint density at radius 1 is 0.610 bits per heavy atom. The van der Waals surface area contributed by atoms with Gasteiger partial charge in [0, 0.05) is 67.0 Å². The van der Waals surface area contributed by atoms with Crippen LogP contribution >= 0.6 is 0 Å². The summed E-state index contributed by atoms with van der Waals surface area (Å²) in [6.07, 6.45) is 9.01. The topological polar surface area (TPSA) is 42.7 Å². The van der Waals surface area contributed by atoms with Crippen LogP contribution in [0.3, 0.4) is 0 Å². The van der Waals surface area contributed by atoms with Gasteiger partial charge in [0.25, 0.3) is 0 Å². The minimum absolute atomic E-state index is 0.259. The van der Waals surface area contributed by atoms with Crippen LogP contribution in [0.25, 0.3) is 76.8 Å². The van der Waals surface area contributed by atoms with Crippen LogP contribution in [-0.2, 0) is 11.8 Å². The molecule has 0 saturated carbocycles. The summed E-state index contributed by atoms with van der Waals surface area (Å²) < 4.78 is 19.7. The Bertz CT molecular complexity index is 3460. The van der Waals surface area contributed by atoms with Crippen molar-refractivity contribution in [1.82, 2.24) is 0 Å². The molecule has 284 valence electrons. The Labute approximate surface area is 341 Å². The van der Waals surface area contributed by atoms with Gasteiger partial charge < -0.3 is 18.2 Å². The molecule has 10 aromatic rings. The van der Waals surface area contributed by atoms with E-state index in [1.807, 2.05) is 12.1 Å². The lowest BCUT2D eigenvalue weighted by Crippen LogP contribution is -2.19. The van der Waals surface area contributed by atoms with Crippen LogP contribution in [0.1, 0.15) is 55.2 Å². The number of nitrogens with zero attached hydrogens (tertiary/aromatic N) is 1. The van der Waals surface area contributed by atoms with E-state index in [0.29, 0.717) is 6.54 Å². The molecule has 59 heavy (non-hydrogen) atoms. The van der Waals surface area contributed by atoms with Crippen LogP contribution < -0.4 is 4.90 Å². The summed E-state index contributed by atoms with van der Waals surface area (Å²) in [6.45, 7) is 7.71. The van der Waals surface area contributed by atoms with Gasteiger partial charge in [-0.2, -0.15) is 0 Å². The van der Waals surface area contributed by atoms with E-state index in [4.69, 9.17) is 13.3 Å². The summed E-state index contributed by atoms with van der Waals surface area (Å²) in [6, 6.07) is 49.5. The van der Waals surface area contributed by atoms with Gasteiger partial charge in [-0.15, -0.1) is 0 Å². The highest BCUT2D eigenvalue weighted by Crippen LogP contribution is 2.54. The molecule has 2 aliphatic rings. The smallest absolute Gasteiger partial charge is 0.143 e. The number of benzene rings is 7. The summed E-state index contributed by atoms with van der Waals surface area (Å²) >= 11 is 0. The number of fused-ring (bicyclic) bond motifs is 14. The lowest BCUT2D eigenvalue weighted by Gasteiger charge is -2.26. The lowest BCUT2D eigenvalue weighted by molar-refractivity contribution is 0.591. The molecule has 3 aromatic heterocycles. The second kappa shape index (κ2) is 12.7. The minimum atomic E-state index is -0.259. The minimum Gasteiger partial charge on any atom is -0.456 e. The first-order valence-electron chi connectivity index (χ1n) is 20.7. The monoisotopic (exact) mass is 763 g/mol. The average molecular weight is 764 g/mol. The van der Waals surface area contributed by atoms with E-state index in [1.165, 1.54) is 49.4 Å². The van der Waals surface area contributed by atoms with Crippen LogP contribution in [0.15, 0.2) is 177 Å². The third-order valence-electron chi connectivity index (χ3n) is 13.0. The van der Waals surface area contributed by atoms with Crippen molar-refractivity contribution >= 4 is 88.1 Å². The summed E-state index contributed by atoms with van der Waals surface area (Å²) in [5, 5.41) is 8.29. The quantitative estimate of drug-likeness (QED) is 0.169. The van der Waals surface area contributed by atoms with Gasteiger partial charge in [0.15, 0.2) is 0 Å². The van der Waals surface area contributed by atoms with Crippen molar-refractivity contribution in [3.63, 3.8) is 0 Å². The third kappa shape index (κ3) is 5.02. The molecule has 0 spiro atoms. The molecule has 0 aliphatic heterocycles. The Morgan fingerprint density at radius 3 is 2.12 bits per heavy atom. The summed E-state index contributed by atoms with van der Waals surface area (Å²) in [5.74, 6) is 0.994. The Kier molecular flexibility index (Phi) is 7.34. The summed E-state index contributed by atoms with van der Waals surface area (Å²) in [7, 11) is 0. The van der Waals surface area contributed by atoms with E-state index < -0.39 is 0 Å². The molecular formula is C55H41NO3. The van der Waals surface area contributed by atoms with Crippen molar-refractivity contribution in [1.29, 1.82) is 0 Å². The van der Waals surface area contributed by atoms with E-state index in [-0.39, 0.29) is 5.41 Å². The van der Waals surface area contributed by atoms with Crippen LogP contribution in [-0.4, -0.2) is 6.54 Å². The van der Waals surface area contributed by atoms with Gasteiger partial charge in [-0.05, 0) is 107 Å². The summed E-state index contributed by atoms with van der Waals surface area (Å²) in [4.78, 5) is 2.38. The van der Waals surface area contributed by atoms with Crippen molar-refractivity contribution < 1.29 is 13.3 Å². The molecular weight excluding hydrogens is 723 g/mol. The van der Waals surface area contributed by atoms with Crippen molar-refractivity contribution in [2.45, 2.75) is 39.0 Å². The van der Waals surface area contributed by atoms with Crippen LogP contribution in [0.2, 0.25) is 0 Å². The van der Waals surface area contributed by atoms with Gasteiger partial charge in [0.2, 0.25) is 0 Å². The van der Waals surface area contributed by atoms with E-state index in [9.17, 15) is 0 Å². The lowest BCUT2D eigenvalue weighted by atomic mass is 9.78. The average Bonchev–Trinajstić information content (AvgIpc) is 4.01. The van der Waals surface area contributed by atoms with Gasteiger partial charge in [-0.3, -0.25) is 0 Å². The van der Waals surface area contributed by atoms with E-state index in [0.717, 1.165) is 85.2 Å². The first-order valence-corrected chi connectivity index (χ1v) is 20.7. The fraction of sp³-hybridized carbons (Fsp3) is 0.127. The fourth-order valence-corrected chi connectivity index (χ4v) is 10.3. The number of rotatable bonds is 6. The second-order valence-electron chi connectivity index (χ2n) is 16.7. The molecule has 4 heteroatoms. The number of hydrogen-bond acceptors (Lipinski definition) is 4. The number of allylic oxidation sites excluding steroid dienone is 4. The zero-order valence-electron chi connectivity index (χ0n) is 33.3. The Hall–Kier alpha value is -7.04. The maximum atomic E-state index is 6.98. The number of hydrogen-bond donors (Lipinski definition) is 0. The third-order valence-corrected chi connectivity index (χ3v) is 13.0. The Morgan fingerprint density at radius 2 is 1.29 bits per heavy atom. The van der Waals surface area contributed by atoms with Gasteiger partial charge in [-0.25, -0.2) is 0 Å². The zero-order valence-corrected chi connectivity index (χ0v) is 33.3. The highest BCUT2D eigenvalue weighted by molar-refractivity contribution is 6.24. The maximum absolute atomic E-state index is 6.98. The number of furan rings is 3. The molecule has 0 atom stereocenters. The molecule has 0 N–H and O–H groups in total. The molecule has 0 fully saturated rings.